The van der Waals surface area contributed by atoms with Crippen molar-refractivity contribution in [1.29, 1.82) is 0 Å². The molecule has 0 bridgehead atoms. The molecular formula is C16H21NO2. The predicted octanol–water partition coefficient (Wildman–Crippen LogP) is 2.94. The molecule has 19 heavy (non-hydrogen) atoms. The van der Waals surface area contributed by atoms with Crippen LogP contribution in [0.25, 0.3) is 0 Å². The summed E-state index contributed by atoms with van der Waals surface area (Å²) in [5, 5.41) is 2.88. The van der Waals surface area contributed by atoms with E-state index in [9.17, 15) is 9.59 Å². The maximum Gasteiger partial charge on any atom is 0.292 e. The second-order valence-electron chi connectivity index (χ2n) is 5.46. The third kappa shape index (κ3) is 3.43. The largest absolute Gasteiger partial charge is 0.346 e. The molecule has 1 aromatic carbocycles. The first-order valence-corrected chi connectivity index (χ1v) is 7.00. The fourth-order valence-corrected chi connectivity index (χ4v) is 2.60. The topological polar surface area (TPSA) is 46.2 Å². The monoisotopic (exact) mass is 259 g/mol. The lowest BCUT2D eigenvalue weighted by Crippen LogP contribution is -2.40. The lowest BCUT2D eigenvalue weighted by Gasteiger charge is -2.22. The molecule has 1 aliphatic rings. The van der Waals surface area contributed by atoms with Gasteiger partial charge in [-0.1, -0.05) is 37.0 Å². The molecule has 0 spiro atoms. The zero-order chi connectivity index (χ0) is 13.8. The number of carbonyl (C=O) groups excluding carboxylic acids is 2. The molecular weight excluding hydrogens is 238 g/mol. The highest BCUT2D eigenvalue weighted by Gasteiger charge is 2.22. The van der Waals surface area contributed by atoms with Gasteiger partial charge in [-0.05, 0) is 38.3 Å². The van der Waals surface area contributed by atoms with E-state index in [0.29, 0.717) is 5.56 Å². The molecule has 1 N–H and O–H groups in total. The van der Waals surface area contributed by atoms with Crippen molar-refractivity contribution in [2.75, 3.05) is 0 Å². The molecule has 0 aliphatic heterocycles. The molecule has 0 atom stereocenters. The minimum atomic E-state index is -0.458. The summed E-state index contributed by atoms with van der Waals surface area (Å²) < 4.78 is 0. The Balaban J connectivity index is 2.05. The average molecular weight is 259 g/mol. The van der Waals surface area contributed by atoms with Crippen LogP contribution in [0.1, 0.15) is 53.6 Å². The normalized spacial score (nSPS) is 16.1. The summed E-state index contributed by atoms with van der Waals surface area (Å²) in [5.41, 5.74) is 2.38. The fourth-order valence-electron chi connectivity index (χ4n) is 2.60. The lowest BCUT2D eigenvalue weighted by molar-refractivity contribution is -0.117. The molecule has 1 saturated carbocycles. The Kier molecular flexibility index (Phi) is 4.35. The highest BCUT2D eigenvalue weighted by atomic mass is 16.2. The van der Waals surface area contributed by atoms with Gasteiger partial charge in [0.15, 0.2) is 0 Å². The van der Waals surface area contributed by atoms with Crippen LogP contribution in [-0.2, 0) is 4.79 Å². The van der Waals surface area contributed by atoms with Crippen LogP contribution in [0.15, 0.2) is 18.2 Å². The molecule has 0 heterocycles. The molecule has 1 aromatic rings. The Morgan fingerprint density at radius 2 is 1.79 bits per heavy atom. The van der Waals surface area contributed by atoms with Crippen molar-refractivity contribution >= 4 is 11.7 Å². The SMILES string of the molecule is Cc1ccc(C)c(C(=O)C(=O)NC2CCCCC2)c1. The van der Waals surface area contributed by atoms with Gasteiger partial charge in [0.25, 0.3) is 5.91 Å². The number of Topliss-reactive ketones (excluding diaryl/α,β-unsaturated/α-hetero) is 1. The number of carbonyl (C=O) groups is 2. The van der Waals surface area contributed by atoms with Crippen molar-refractivity contribution in [2.45, 2.75) is 52.0 Å². The maximum atomic E-state index is 12.2. The maximum absolute atomic E-state index is 12.2. The Bertz CT molecular complexity index is 488. The number of nitrogens with one attached hydrogen (secondary N) is 1. The van der Waals surface area contributed by atoms with E-state index in [2.05, 4.69) is 5.32 Å². The van der Waals surface area contributed by atoms with Gasteiger partial charge in [-0.3, -0.25) is 9.59 Å². The molecule has 0 unspecified atom stereocenters. The molecule has 2 rings (SSSR count). The van der Waals surface area contributed by atoms with Crippen LogP contribution >= 0.6 is 0 Å². The summed E-state index contributed by atoms with van der Waals surface area (Å²) in [6, 6.07) is 5.80. The van der Waals surface area contributed by atoms with E-state index in [-0.39, 0.29) is 6.04 Å². The first-order valence-electron chi connectivity index (χ1n) is 7.00. The minimum Gasteiger partial charge on any atom is -0.346 e. The van der Waals surface area contributed by atoms with Gasteiger partial charge in [-0.25, -0.2) is 0 Å². The van der Waals surface area contributed by atoms with Gasteiger partial charge in [0.1, 0.15) is 0 Å². The van der Waals surface area contributed by atoms with Crippen LogP contribution in [0.4, 0.5) is 0 Å². The van der Waals surface area contributed by atoms with Crippen LogP contribution in [0.5, 0.6) is 0 Å². The Morgan fingerprint density at radius 3 is 2.47 bits per heavy atom. The van der Waals surface area contributed by atoms with Gasteiger partial charge in [0.05, 0.1) is 0 Å². The van der Waals surface area contributed by atoms with Crippen molar-refractivity contribution in [1.82, 2.24) is 5.32 Å². The van der Waals surface area contributed by atoms with Crippen LogP contribution < -0.4 is 5.32 Å². The molecule has 1 aliphatic carbocycles. The number of amides is 1. The fraction of sp³-hybridized carbons (Fsp3) is 0.500. The number of ketones is 1. The summed E-state index contributed by atoms with van der Waals surface area (Å²) in [6.07, 6.45) is 5.50. The van der Waals surface area contributed by atoms with E-state index in [0.717, 1.165) is 36.8 Å². The van der Waals surface area contributed by atoms with Crippen LogP contribution in [-0.4, -0.2) is 17.7 Å². The lowest BCUT2D eigenvalue weighted by atomic mass is 9.95. The highest BCUT2D eigenvalue weighted by molar-refractivity contribution is 6.43. The third-order valence-electron chi connectivity index (χ3n) is 3.78. The van der Waals surface area contributed by atoms with E-state index in [1.165, 1.54) is 6.42 Å². The van der Waals surface area contributed by atoms with E-state index in [1.807, 2.05) is 26.0 Å². The van der Waals surface area contributed by atoms with E-state index < -0.39 is 11.7 Å². The van der Waals surface area contributed by atoms with Crippen LogP contribution in [0.2, 0.25) is 0 Å². The first-order chi connectivity index (χ1) is 9.08. The molecule has 1 amide bonds. The van der Waals surface area contributed by atoms with Crippen molar-refractivity contribution in [3.63, 3.8) is 0 Å². The van der Waals surface area contributed by atoms with Crippen LogP contribution in [0, 0.1) is 13.8 Å². The number of aryl methyl sites for hydroxylation is 2. The van der Waals surface area contributed by atoms with Gasteiger partial charge >= 0.3 is 0 Å². The van der Waals surface area contributed by atoms with E-state index >= 15 is 0 Å². The van der Waals surface area contributed by atoms with Crippen molar-refractivity contribution in [2.24, 2.45) is 0 Å². The average Bonchev–Trinajstić information content (AvgIpc) is 2.42. The molecule has 3 heteroatoms. The zero-order valence-corrected chi connectivity index (χ0v) is 11.7. The minimum absolute atomic E-state index is 0.176. The van der Waals surface area contributed by atoms with E-state index in [1.54, 1.807) is 6.07 Å². The predicted molar refractivity (Wildman–Crippen MR) is 75.3 cm³/mol. The van der Waals surface area contributed by atoms with Gasteiger partial charge in [0, 0.05) is 11.6 Å². The number of hydrogen-bond acceptors (Lipinski definition) is 2. The second kappa shape index (κ2) is 6.00. The molecule has 3 nitrogen and oxygen atoms in total. The van der Waals surface area contributed by atoms with Gasteiger partial charge < -0.3 is 5.32 Å². The zero-order valence-electron chi connectivity index (χ0n) is 11.7. The molecule has 0 aromatic heterocycles. The van der Waals surface area contributed by atoms with Crippen molar-refractivity contribution in [3.05, 3.63) is 34.9 Å². The summed E-state index contributed by atoms with van der Waals surface area (Å²) in [6.45, 7) is 3.79. The standard InChI is InChI=1S/C16H21NO2/c1-11-8-9-12(2)14(10-11)15(18)16(19)17-13-6-4-3-5-7-13/h8-10,13H,3-7H2,1-2H3,(H,17,19). The number of rotatable bonds is 3. The number of hydrogen-bond donors (Lipinski definition) is 1. The van der Waals surface area contributed by atoms with Crippen LogP contribution in [0.3, 0.4) is 0 Å². The van der Waals surface area contributed by atoms with Crippen molar-refractivity contribution < 1.29 is 9.59 Å². The van der Waals surface area contributed by atoms with Gasteiger partial charge in [0.2, 0.25) is 5.78 Å². The Morgan fingerprint density at radius 1 is 1.11 bits per heavy atom. The van der Waals surface area contributed by atoms with Crippen molar-refractivity contribution in [3.8, 4) is 0 Å². The second-order valence-corrected chi connectivity index (χ2v) is 5.46. The first kappa shape index (κ1) is 13.8. The molecule has 0 saturated heterocycles. The van der Waals surface area contributed by atoms with Gasteiger partial charge in [-0.15, -0.1) is 0 Å². The summed E-state index contributed by atoms with van der Waals surface area (Å²) >= 11 is 0. The van der Waals surface area contributed by atoms with E-state index in [4.69, 9.17) is 0 Å². The summed E-state index contributed by atoms with van der Waals surface area (Å²) in [5.74, 6) is -0.868. The summed E-state index contributed by atoms with van der Waals surface area (Å²) in [4.78, 5) is 24.2. The molecule has 1 fully saturated rings. The molecule has 0 radical (unpaired) electrons. The van der Waals surface area contributed by atoms with Gasteiger partial charge in [-0.2, -0.15) is 0 Å². The highest BCUT2D eigenvalue weighted by Crippen LogP contribution is 2.18. The smallest absolute Gasteiger partial charge is 0.292 e. The summed E-state index contributed by atoms with van der Waals surface area (Å²) in [7, 11) is 0. The Hall–Kier alpha value is -1.64. The Labute approximate surface area is 114 Å². The third-order valence-corrected chi connectivity index (χ3v) is 3.78. The molecule has 102 valence electrons. The quantitative estimate of drug-likeness (QED) is 0.670. The number of benzene rings is 1.